The SMILES string of the molecule is CC(=O)Nc1ccc(-c2ccc(C(=O)NCCN(C)C)c3ccccc23)cc1. The van der Waals surface area contributed by atoms with Crippen LogP contribution in [-0.4, -0.2) is 43.9 Å². The lowest BCUT2D eigenvalue weighted by Gasteiger charge is -2.14. The molecule has 5 heteroatoms. The van der Waals surface area contributed by atoms with Crippen molar-refractivity contribution in [2.45, 2.75) is 6.92 Å². The van der Waals surface area contributed by atoms with E-state index in [0.29, 0.717) is 12.1 Å². The number of benzene rings is 3. The standard InChI is InChI=1S/C23H25N3O2/c1-16(27)25-18-10-8-17(9-11-18)19-12-13-22(21-7-5-4-6-20(19)21)23(28)24-14-15-26(2)3/h4-13H,14-15H2,1-3H3,(H,24,28)(H,25,27). The van der Waals surface area contributed by atoms with Gasteiger partial charge in [0.1, 0.15) is 0 Å². The number of nitrogens with one attached hydrogen (secondary N) is 2. The van der Waals surface area contributed by atoms with Gasteiger partial charge in [0.05, 0.1) is 0 Å². The third-order valence-electron chi connectivity index (χ3n) is 4.53. The molecule has 0 aliphatic carbocycles. The molecule has 3 aromatic rings. The number of hydrogen-bond acceptors (Lipinski definition) is 3. The first-order valence-electron chi connectivity index (χ1n) is 9.28. The second kappa shape index (κ2) is 8.67. The molecule has 2 amide bonds. The molecule has 5 nitrogen and oxygen atoms in total. The van der Waals surface area contributed by atoms with Crippen molar-refractivity contribution >= 4 is 28.3 Å². The van der Waals surface area contributed by atoms with Gasteiger partial charge in [-0.2, -0.15) is 0 Å². The fourth-order valence-corrected chi connectivity index (χ4v) is 3.17. The Morgan fingerprint density at radius 2 is 1.57 bits per heavy atom. The summed E-state index contributed by atoms with van der Waals surface area (Å²) in [7, 11) is 3.96. The van der Waals surface area contributed by atoms with Crippen LogP contribution < -0.4 is 10.6 Å². The average molecular weight is 375 g/mol. The quantitative estimate of drug-likeness (QED) is 0.690. The lowest BCUT2D eigenvalue weighted by atomic mass is 9.94. The number of hydrogen-bond donors (Lipinski definition) is 2. The van der Waals surface area contributed by atoms with Crippen LogP contribution in [0.5, 0.6) is 0 Å². The molecule has 0 bridgehead atoms. The highest BCUT2D eigenvalue weighted by Gasteiger charge is 2.13. The summed E-state index contributed by atoms with van der Waals surface area (Å²) < 4.78 is 0. The molecule has 0 unspecified atom stereocenters. The summed E-state index contributed by atoms with van der Waals surface area (Å²) in [6.45, 7) is 2.89. The smallest absolute Gasteiger partial charge is 0.251 e. The van der Waals surface area contributed by atoms with Gasteiger partial charge < -0.3 is 15.5 Å². The molecule has 0 saturated heterocycles. The van der Waals surface area contributed by atoms with E-state index in [1.54, 1.807) is 0 Å². The zero-order chi connectivity index (χ0) is 20.1. The summed E-state index contributed by atoms with van der Waals surface area (Å²) in [6.07, 6.45) is 0. The number of likely N-dealkylation sites (N-methyl/N-ethyl adjacent to an activating group) is 1. The Morgan fingerprint density at radius 3 is 2.21 bits per heavy atom. The average Bonchev–Trinajstić information content (AvgIpc) is 2.67. The Kier molecular flexibility index (Phi) is 6.06. The highest BCUT2D eigenvalue weighted by molar-refractivity contribution is 6.11. The van der Waals surface area contributed by atoms with Gasteiger partial charge in [-0.1, -0.05) is 42.5 Å². The van der Waals surface area contributed by atoms with Gasteiger partial charge in [0.15, 0.2) is 0 Å². The first-order chi connectivity index (χ1) is 13.5. The Bertz CT molecular complexity index is 994. The third-order valence-corrected chi connectivity index (χ3v) is 4.53. The van der Waals surface area contributed by atoms with Crippen molar-refractivity contribution in [2.24, 2.45) is 0 Å². The third kappa shape index (κ3) is 4.56. The van der Waals surface area contributed by atoms with E-state index < -0.39 is 0 Å². The number of rotatable bonds is 6. The van der Waals surface area contributed by atoms with Crippen LogP contribution in [0.25, 0.3) is 21.9 Å². The van der Waals surface area contributed by atoms with Crippen LogP contribution in [-0.2, 0) is 4.79 Å². The van der Waals surface area contributed by atoms with Gasteiger partial charge in [0.25, 0.3) is 5.91 Å². The zero-order valence-corrected chi connectivity index (χ0v) is 16.5. The largest absolute Gasteiger partial charge is 0.351 e. The van der Waals surface area contributed by atoms with Crippen LogP contribution in [0, 0.1) is 0 Å². The van der Waals surface area contributed by atoms with E-state index in [4.69, 9.17) is 0 Å². The predicted octanol–water partition coefficient (Wildman–Crippen LogP) is 3.76. The number of carbonyl (C=O) groups is 2. The van der Waals surface area contributed by atoms with Crippen molar-refractivity contribution in [1.82, 2.24) is 10.2 Å². The molecule has 0 spiro atoms. The summed E-state index contributed by atoms with van der Waals surface area (Å²) in [5.41, 5.74) is 3.52. The van der Waals surface area contributed by atoms with Gasteiger partial charge in [0, 0.05) is 31.3 Å². The van der Waals surface area contributed by atoms with Crippen LogP contribution in [0.1, 0.15) is 17.3 Å². The van der Waals surface area contributed by atoms with Gasteiger partial charge >= 0.3 is 0 Å². The predicted molar refractivity (Wildman–Crippen MR) is 115 cm³/mol. The van der Waals surface area contributed by atoms with E-state index >= 15 is 0 Å². The monoisotopic (exact) mass is 375 g/mol. The summed E-state index contributed by atoms with van der Waals surface area (Å²) >= 11 is 0. The summed E-state index contributed by atoms with van der Waals surface area (Å²) in [5.74, 6) is -0.159. The molecule has 144 valence electrons. The minimum atomic E-state index is -0.0946. The maximum absolute atomic E-state index is 12.7. The second-order valence-corrected chi connectivity index (χ2v) is 7.02. The summed E-state index contributed by atoms with van der Waals surface area (Å²) in [5, 5.41) is 7.71. The molecule has 0 saturated carbocycles. The Morgan fingerprint density at radius 1 is 0.893 bits per heavy atom. The maximum atomic E-state index is 12.7. The van der Waals surface area contributed by atoms with E-state index in [1.165, 1.54) is 6.92 Å². The van der Waals surface area contributed by atoms with Gasteiger partial charge in [-0.15, -0.1) is 0 Å². The lowest BCUT2D eigenvalue weighted by Crippen LogP contribution is -2.31. The van der Waals surface area contributed by atoms with E-state index in [2.05, 4.69) is 10.6 Å². The van der Waals surface area contributed by atoms with Gasteiger partial charge in [0.2, 0.25) is 5.91 Å². The lowest BCUT2D eigenvalue weighted by molar-refractivity contribution is -0.114. The topological polar surface area (TPSA) is 61.4 Å². The maximum Gasteiger partial charge on any atom is 0.251 e. The highest BCUT2D eigenvalue weighted by atomic mass is 16.2. The van der Waals surface area contributed by atoms with Crippen LogP contribution in [0.15, 0.2) is 60.7 Å². The van der Waals surface area contributed by atoms with E-state index in [0.717, 1.165) is 34.1 Å². The van der Waals surface area contributed by atoms with Crippen molar-refractivity contribution < 1.29 is 9.59 Å². The molecule has 0 aliphatic rings. The van der Waals surface area contributed by atoms with Crippen LogP contribution in [0.2, 0.25) is 0 Å². The molecule has 0 fully saturated rings. The zero-order valence-electron chi connectivity index (χ0n) is 16.5. The molecular formula is C23H25N3O2. The molecule has 0 aromatic heterocycles. The van der Waals surface area contributed by atoms with E-state index in [-0.39, 0.29) is 11.8 Å². The van der Waals surface area contributed by atoms with Crippen molar-refractivity contribution in [3.63, 3.8) is 0 Å². The molecule has 0 heterocycles. The number of fused-ring (bicyclic) bond motifs is 1. The molecule has 0 atom stereocenters. The summed E-state index contributed by atoms with van der Waals surface area (Å²) in [4.78, 5) is 25.9. The molecule has 28 heavy (non-hydrogen) atoms. The Hall–Kier alpha value is -3.18. The fourth-order valence-electron chi connectivity index (χ4n) is 3.17. The molecular weight excluding hydrogens is 350 g/mol. The van der Waals surface area contributed by atoms with Gasteiger partial charge in [-0.05, 0) is 54.2 Å². The molecule has 2 N–H and O–H groups in total. The second-order valence-electron chi connectivity index (χ2n) is 7.02. The van der Waals surface area contributed by atoms with E-state index in [9.17, 15) is 9.59 Å². The van der Waals surface area contributed by atoms with Gasteiger partial charge in [-0.3, -0.25) is 9.59 Å². The summed E-state index contributed by atoms with van der Waals surface area (Å²) in [6, 6.07) is 19.5. The molecule has 3 aromatic carbocycles. The fraction of sp³-hybridized carbons (Fsp3) is 0.217. The van der Waals surface area contributed by atoms with Gasteiger partial charge in [-0.25, -0.2) is 0 Å². The highest BCUT2D eigenvalue weighted by Crippen LogP contribution is 2.31. The number of carbonyl (C=O) groups excluding carboxylic acids is 2. The van der Waals surface area contributed by atoms with Crippen molar-refractivity contribution in [3.8, 4) is 11.1 Å². The minimum absolute atomic E-state index is 0.0643. The Labute approximate surface area is 165 Å². The number of nitrogens with zero attached hydrogens (tertiary/aromatic N) is 1. The number of amides is 2. The molecule has 3 rings (SSSR count). The number of anilines is 1. The first-order valence-corrected chi connectivity index (χ1v) is 9.28. The molecule has 0 radical (unpaired) electrons. The van der Waals surface area contributed by atoms with Crippen molar-refractivity contribution in [3.05, 3.63) is 66.2 Å². The minimum Gasteiger partial charge on any atom is -0.351 e. The van der Waals surface area contributed by atoms with Crippen LogP contribution in [0.3, 0.4) is 0 Å². The normalized spacial score (nSPS) is 10.9. The Balaban J connectivity index is 1.93. The van der Waals surface area contributed by atoms with Crippen molar-refractivity contribution in [2.75, 3.05) is 32.5 Å². The molecule has 0 aliphatic heterocycles. The van der Waals surface area contributed by atoms with Crippen molar-refractivity contribution in [1.29, 1.82) is 0 Å². The van der Waals surface area contributed by atoms with Crippen LogP contribution in [0.4, 0.5) is 5.69 Å². The van der Waals surface area contributed by atoms with E-state index in [1.807, 2.05) is 79.7 Å². The first kappa shape index (κ1) is 19.6. The van der Waals surface area contributed by atoms with Crippen LogP contribution >= 0.6 is 0 Å².